The molecule has 0 aromatic heterocycles. The van der Waals surface area contributed by atoms with Crippen molar-refractivity contribution in [3.05, 3.63) is 29.3 Å². The lowest BCUT2D eigenvalue weighted by atomic mass is 9.85. The molecule has 0 spiro atoms. The summed E-state index contributed by atoms with van der Waals surface area (Å²) in [7, 11) is 1.95. The van der Waals surface area contributed by atoms with E-state index in [0.29, 0.717) is 6.61 Å². The minimum Gasteiger partial charge on any atom is -0.490 e. The van der Waals surface area contributed by atoms with Crippen LogP contribution in [0.4, 0.5) is 0 Å². The van der Waals surface area contributed by atoms with Gasteiger partial charge in [-0.15, -0.1) is 0 Å². The average Bonchev–Trinajstić information content (AvgIpc) is 2.45. The zero-order valence-corrected chi connectivity index (χ0v) is 12.9. The lowest BCUT2D eigenvalue weighted by molar-refractivity contribution is -0.0342. The minimum absolute atomic E-state index is 0.242. The standard InChI is InChI=1S/C17H27NO2/c1-13-7-8-15(14(2)18-3)16(11-13)20-12-17(19)9-5-4-6-10-17/h7-8,11,14,18-19H,4-6,9-10,12H2,1-3H3. The first kappa shape index (κ1) is 15.3. The van der Waals surface area contributed by atoms with Gasteiger partial charge in [-0.3, -0.25) is 0 Å². The van der Waals surface area contributed by atoms with Gasteiger partial charge in [-0.25, -0.2) is 0 Å². The quantitative estimate of drug-likeness (QED) is 0.867. The first-order valence-electron chi connectivity index (χ1n) is 7.67. The summed E-state index contributed by atoms with van der Waals surface area (Å²) in [4.78, 5) is 0. The van der Waals surface area contributed by atoms with Crippen molar-refractivity contribution < 1.29 is 9.84 Å². The smallest absolute Gasteiger partial charge is 0.124 e. The maximum atomic E-state index is 10.5. The number of hydrogen-bond donors (Lipinski definition) is 2. The van der Waals surface area contributed by atoms with Gasteiger partial charge < -0.3 is 15.2 Å². The molecule has 1 unspecified atom stereocenters. The van der Waals surface area contributed by atoms with Crippen molar-refractivity contribution in [3.8, 4) is 5.75 Å². The van der Waals surface area contributed by atoms with Crippen molar-refractivity contribution in [1.29, 1.82) is 0 Å². The molecule has 112 valence electrons. The highest BCUT2D eigenvalue weighted by Gasteiger charge is 2.30. The predicted molar refractivity (Wildman–Crippen MR) is 82.2 cm³/mol. The van der Waals surface area contributed by atoms with Gasteiger partial charge in [-0.1, -0.05) is 31.4 Å². The molecule has 3 heteroatoms. The molecular formula is C17H27NO2. The summed E-state index contributed by atoms with van der Waals surface area (Å²) in [6.07, 6.45) is 5.15. The fourth-order valence-corrected chi connectivity index (χ4v) is 2.85. The number of benzene rings is 1. The van der Waals surface area contributed by atoms with E-state index in [1.165, 1.54) is 12.0 Å². The zero-order valence-electron chi connectivity index (χ0n) is 12.9. The first-order valence-corrected chi connectivity index (χ1v) is 7.67. The molecular weight excluding hydrogens is 250 g/mol. The van der Waals surface area contributed by atoms with E-state index in [2.05, 4.69) is 37.4 Å². The Morgan fingerprint density at radius 3 is 2.65 bits per heavy atom. The molecule has 2 rings (SSSR count). The molecule has 1 aliphatic rings. The largest absolute Gasteiger partial charge is 0.490 e. The van der Waals surface area contributed by atoms with Crippen molar-refractivity contribution in [2.75, 3.05) is 13.7 Å². The van der Waals surface area contributed by atoms with Gasteiger partial charge in [0.1, 0.15) is 12.4 Å². The van der Waals surface area contributed by atoms with Crippen molar-refractivity contribution in [2.45, 2.75) is 57.6 Å². The summed E-state index contributed by atoms with van der Waals surface area (Å²) in [6.45, 7) is 4.59. The minimum atomic E-state index is -0.637. The Labute approximate surface area is 122 Å². The molecule has 0 heterocycles. The third kappa shape index (κ3) is 3.74. The Morgan fingerprint density at radius 2 is 2.00 bits per heavy atom. The number of hydrogen-bond acceptors (Lipinski definition) is 3. The average molecular weight is 277 g/mol. The van der Waals surface area contributed by atoms with Crippen molar-refractivity contribution >= 4 is 0 Å². The summed E-state index contributed by atoms with van der Waals surface area (Å²) >= 11 is 0. The zero-order chi connectivity index (χ0) is 14.6. The van der Waals surface area contributed by atoms with Crippen LogP contribution in [0.5, 0.6) is 5.75 Å². The molecule has 0 bridgehead atoms. The van der Waals surface area contributed by atoms with Crippen LogP contribution in [0.1, 0.15) is 56.2 Å². The molecule has 0 saturated heterocycles. The molecule has 1 fully saturated rings. The van der Waals surface area contributed by atoms with E-state index in [4.69, 9.17) is 4.74 Å². The summed E-state index contributed by atoms with van der Waals surface area (Å²) in [5.74, 6) is 0.894. The molecule has 1 aliphatic carbocycles. The Bertz CT molecular complexity index is 439. The van der Waals surface area contributed by atoms with E-state index < -0.39 is 5.60 Å². The van der Waals surface area contributed by atoms with Gasteiger partial charge in [0.2, 0.25) is 0 Å². The van der Waals surface area contributed by atoms with Crippen LogP contribution in [0.15, 0.2) is 18.2 Å². The van der Waals surface area contributed by atoms with Gasteiger partial charge in [-0.2, -0.15) is 0 Å². The molecule has 1 atom stereocenters. The molecule has 0 radical (unpaired) electrons. The Hall–Kier alpha value is -1.06. The van der Waals surface area contributed by atoms with E-state index in [9.17, 15) is 5.11 Å². The number of aryl methyl sites for hydroxylation is 1. The van der Waals surface area contributed by atoms with Crippen LogP contribution < -0.4 is 10.1 Å². The van der Waals surface area contributed by atoms with Crippen LogP contribution in [0.2, 0.25) is 0 Å². The summed E-state index contributed by atoms with van der Waals surface area (Å²) in [5.41, 5.74) is 1.70. The van der Waals surface area contributed by atoms with E-state index in [0.717, 1.165) is 37.0 Å². The van der Waals surface area contributed by atoms with Crippen LogP contribution in [0, 0.1) is 6.92 Å². The molecule has 0 amide bonds. The molecule has 1 aromatic carbocycles. The Kier molecular flexibility index (Phi) is 5.06. The number of rotatable bonds is 5. The highest BCUT2D eigenvalue weighted by Crippen LogP contribution is 2.31. The van der Waals surface area contributed by atoms with E-state index in [1.807, 2.05) is 7.05 Å². The lowest BCUT2D eigenvalue weighted by Crippen LogP contribution is -2.38. The summed E-state index contributed by atoms with van der Waals surface area (Å²) in [6, 6.07) is 6.52. The van der Waals surface area contributed by atoms with Gasteiger partial charge >= 0.3 is 0 Å². The Balaban J connectivity index is 2.09. The topological polar surface area (TPSA) is 41.5 Å². The van der Waals surface area contributed by atoms with Crippen LogP contribution in [0.3, 0.4) is 0 Å². The second-order valence-corrected chi connectivity index (χ2v) is 6.13. The molecule has 0 aliphatic heterocycles. The number of ether oxygens (including phenoxy) is 1. The molecule has 20 heavy (non-hydrogen) atoms. The van der Waals surface area contributed by atoms with Crippen LogP contribution >= 0.6 is 0 Å². The van der Waals surface area contributed by atoms with Gasteiger partial charge in [0.15, 0.2) is 0 Å². The van der Waals surface area contributed by atoms with E-state index in [1.54, 1.807) is 0 Å². The normalized spacial score (nSPS) is 19.6. The van der Waals surface area contributed by atoms with Gasteiger partial charge in [0.25, 0.3) is 0 Å². The monoisotopic (exact) mass is 277 g/mol. The maximum absolute atomic E-state index is 10.5. The highest BCUT2D eigenvalue weighted by atomic mass is 16.5. The van der Waals surface area contributed by atoms with Crippen molar-refractivity contribution in [2.24, 2.45) is 0 Å². The highest BCUT2D eigenvalue weighted by molar-refractivity contribution is 5.39. The predicted octanol–water partition coefficient (Wildman–Crippen LogP) is 3.35. The molecule has 1 saturated carbocycles. The SMILES string of the molecule is CNC(C)c1ccc(C)cc1OCC1(O)CCCCC1. The van der Waals surface area contributed by atoms with Gasteiger partial charge in [-0.05, 0) is 45.4 Å². The van der Waals surface area contributed by atoms with E-state index >= 15 is 0 Å². The Morgan fingerprint density at radius 1 is 1.30 bits per heavy atom. The van der Waals surface area contributed by atoms with Crippen LogP contribution in [-0.4, -0.2) is 24.4 Å². The second-order valence-electron chi connectivity index (χ2n) is 6.13. The van der Waals surface area contributed by atoms with Gasteiger partial charge in [0, 0.05) is 11.6 Å². The lowest BCUT2D eigenvalue weighted by Gasteiger charge is -2.32. The summed E-state index contributed by atoms with van der Waals surface area (Å²) in [5, 5.41) is 13.8. The van der Waals surface area contributed by atoms with E-state index in [-0.39, 0.29) is 6.04 Å². The maximum Gasteiger partial charge on any atom is 0.124 e. The fraction of sp³-hybridized carbons (Fsp3) is 0.647. The van der Waals surface area contributed by atoms with Gasteiger partial charge in [0.05, 0.1) is 5.60 Å². The number of aliphatic hydroxyl groups is 1. The van der Waals surface area contributed by atoms with Crippen LogP contribution in [-0.2, 0) is 0 Å². The number of nitrogens with one attached hydrogen (secondary N) is 1. The fourth-order valence-electron chi connectivity index (χ4n) is 2.85. The third-order valence-electron chi connectivity index (χ3n) is 4.35. The van der Waals surface area contributed by atoms with Crippen molar-refractivity contribution in [1.82, 2.24) is 5.32 Å². The first-order chi connectivity index (χ1) is 9.54. The molecule has 1 aromatic rings. The molecule has 2 N–H and O–H groups in total. The second kappa shape index (κ2) is 6.59. The third-order valence-corrected chi connectivity index (χ3v) is 4.35. The van der Waals surface area contributed by atoms with Crippen LogP contribution in [0.25, 0.3) is 0 Å². The molecule has 3 nitrogen and oxygen atoms in total. The summed E-state index contributed by atoms with van der Waals surface area (Å²) < 4.78 is 5.99. The van der Waals surface area contributed by atoms with Crippen molar-refractivity contribution in [3.63, 3.8) is 0 Å².